The fraction of sp³-hybridized carbons (Fsp3) is 0.647. The third-order valence-corrected chi connectivity index (χ3v) is 5.31. The van der Waals surface area contributed by atoms with Crippen LogP contribution in [0.5, 0.6) is 0 Å². The molecule has 1 aromatic rings. The van der Waals surface area contributed by atoms with Gasteiger partial charge in [0.1, 0.15) is 0 Å². The molecule has 20 heavy (non-hydrogen) atoms. The van der Waals surface area contributed by atoms with E-state index in [9.17, 15) is 0 Å². The number of hydrogen-bond donors (Lipinski definition) is 0. The molecule has 2 fully saturated rings. The molecule has 108 valence electrons. The molecule has 1 aliphatic carbocycles. The first-order valence-corrected chi connectivity index (χ1v) is 7.88. The zero-order valence-electron chi connectivity index (χ0n) is 12.3. The van der Waals surface area contributed by atoms with E-state index in [0.717, 1.165) is 0 Å². The molecule has 0 unspecified atom stereocenters. The van der Waals surface area contributed by atoms with E-state index in [4.69, 9.17) is 9.78 Å². The van der Waals surface area contributed by atoms with Gasteiger partial charge in [-0.25, -0.2) is 14.7 Å². The second-order valence-electron chi connectivity index (χ2n) is 6.95. The molecule has 2 atom stereocenters. The third-order valence-electron chi connectivity index (χ3n) is 5.31. The van der Waals surface area contributed by atoms with Crippen molar-refractivity contribution in [3.63, 3.8) is 0 Å². The zero-order valence-corrected chi connectivity index (χ0v) is 12.3. The van der Waals surface area contributed by atoms with Gasteiger partial charge in [-0.05, 0) is 18.4 Å². The van der Waals surface area contributed by atoms with Crippen LogP contribution in [-0.4, -0.2) is 17.2 Å². The summed E-state index contributed by atoms with van der Waals surface area (Å²) in [5.41, 5.74) is 2.64. The quantitative estimate of drug-likeness (QED) is 0.724. The average molecular weight is 273 g/mol. The second kappa shape index (κ2) is 4.55. The molecule has 4 rings (SSSR count). The standard InChI is InChI=1S/C17H23NO2/c1-17(2)14-11-7-6-10-13(14)15-18(16(17)20-19-15)12-8-4-3-5-9-12/h6-7,10-12,15-16H,3-5,8-9H2,1-2H3/t15-,16+/m0/s1. The largest absolute Gasteiger partial charge is 0.239 e. The molecule has 3 aliphatic rings. The molecule has 3 nitrogen and oxygen atoms in total. The summed E-state index contributed by atoms with van der Waals surface area (Å²) < 4.78 is 0. The van der Waals surface area contributed by atoms with Crippen LogP contribution in [0.4, 0.5) is 0 Å². The summed E-state index contributed by atoms with van der Waals surface area (Å²) in [7, 11) is 0. The maximum Gasteiger partial charge on any atom is 0.174 e. The average Bonchev–Trinajstić information content (AvgIpc) is 2.89. The predicted octanol–water partition coefficient (Wildman–Crippen LogP) is 3.90. The van der Waals surface area contributed by atoms with Crippen molar-refractivity contribution in [3.8, 4) is 0 Å². The highest BCUT2D eigenvalue weighted by atomic mass is 17.2. The Bertz CT molecular complexity index is 507. The van der Waals surface area contributed by atoms with Crippen LogP contribution in [0.15, 0.2) is 24.3 Å². The normalized spacial score (nSPS) is 33.1. The van der Waals surface area contributed by atoms with E-state index in [-0.39, 0.29) is 17.9 Å². The van der Waals surface area contributed by atoms with Gasteiger partial charge >= 0.3 is 0 Å². The molecule has 1 saturated carbocycles. The van der Waals surface area contributed by atoms with Crippen LogP contribution in [0, 0.1) is 0 Å². The van der Waals surface area contributed by atoms with Crippen molar-refractivity contribution in [2.45, 2.75) is 69.9 Å². The van der Waals surface area contributed by atoms with Crippen molar-refractivity contribution >= 4 is 0 Å². The number of nitrogens with zero attached hydrogens (tertiary/aromatic N) is 1. The predicted molar refractivity (Wildman–Crippen MR) is 76.9 cm³/mol. The minimum absolute atomic E-state index is 0.00711. The molecule has 1 saturated heterocycles. The third kappa shape index (κ3) is 1.70. The van der Waals surface area contributed by atoms with Crippen molar-refractivity contribution < 1.29 is 9.78 Å². The van der Waals surface area contributed by atoms with Gasteiger partial charge in [0.05, 0.1) is 0 Å². The lowest BCUT2D eigenvalue weighted by atomic mass is 9.75. The minimum atomic E-state index is -0.0267. The topological polar surface area (TPSA) is 21.7 Å². The number of fused-ring (bicyclic) bond motifs is 4. The van der Waals surface area contributed by atoms with Gasteiger partial charge in [0, 0.05) is 17.0 Å². The Kier molecular flexibility index (Phi) is 2.92. The van der Waals surface area contributed by atoms with Crippen LogP contribution >= 0.6 is 0 Å². The Balaban J connectivity index is 1.77. The highest BCUT2D eigenvalue weighted by Crippen LogP contribution is 2.51. The van der Waals surface area contributed by atoms with Crippen LogP contribution in [0.3, 0.4) is 0 Å². The van der Waals surface area contributed by atoms with Gasteiger partial charge < -0.3 is 0 Å². The van der Waals surface area contributed by atoms with Crippen LogP contribution in [0.1, 0.15) is 63.3 Å². The Morgan fingerprint density at radius 2 is 1.80 bits per heavy atom. The van der Waals surface area contributed by atoms with E-state index >= 15 is 0 Å². The molecule has 0 N–H and O–H groups in total. The smallest absolute Gasteiger partial charge is 0.174 e. The fourth-order valence-electron chi connectivity index (χ4n) is 4.23. The number of hydrogen-bond acceptors (Lipinski definition) is 3. The summed E-state index contributed by atoms with van der Waals surface area (Å²) in [4.78, 5) is 14.0. The lowest BCUT2D eigenvalue weighted by molar-refractivity contribution is -0.302. The second-order valence-corrected chi connectivity index (χ2v) is 6.95. The van der Waals surface area contributed by atoms with E-state index in [1.807, 2.05) is 0 Å². The SMILES string of the molecule is CC1(C)c2ccccc2[C@@H]2OO[C@H]1N2C1CCCCC1. The van der Waals surface area contributed by atoms with Gasteiger partial charge in [-0.3, -0.25) is 0 Å². The van der Waals surface area contributed by atoms with Gasteiger partial charge in [-0.15, -0.1) is 0 Å². The Hall–Kier alpha value is -0.900. The van der Waals surface area contributed by atoms with Gasteiger partial charge in [0.25, 0.3) is 0 Å². The molecule has 0 amide bonds. The van der Waals surface area contributed by atoms with Gasteiger partial charge in [0.15, 0.2) is 12.5 Å². The van der Waals surface area contributed by atoms with Crippen LogP contribution < -0.4 is 0 Å². The summed E-state index contributed by atoms with van der Waals surface area (Å²) in [5, 5.41) is 0. The number of rotatable bonds is 1. The van der Waals surface area contributed by atoms with Gasteiger partial charge in [-0.2, -0.15) is 0 Å². The lowest BCUT2D eigenvalue weighted by Gasteiger charge is -2.46. The Labute approximate surface area is 120 Å². The zero-order chi connectivity index (χ0) is 13.7. The first-order chi connectivity index (χ1) is 9.69. The van der Waals surface area contributed by atoms with E-state index < -0.39 is 0 Å². The summed E-state index contributed by atoms with van der Waals surface area (Å²) in [6, 6.07) is 9.26. The Morgan fingerprint density at radius 1 is 1.05 bits per heavy atom. The van der Waals surface area contributed by atoms with E-state index in [0.29, 0.717) is 6.04 Å². The minimum Gasteiger partial charge on any atom is -0.239 e. The van der Waals surface area contributed by atoms with Crippen molar-refractivity contribution in [2.24, 2.45) is 0 Å². The van der Waals surface area contributed by atoms with E-state index in [1.165, 1.54) is 43.2 Å². The lowest BCUT2D eigenvalue weighted by Crippen LogP contribution is -2.53. The maximum absolute atomic E-state index is 5.77. The van der Waals surface area contributed by atoms with E-state index in [1.54, 1.807) is 0 Å². The van der Waals surface area contributed by atoms with Gasteiger partial charge in [-0.1, -0.05) is 57.4 Å². The molecule has 0 aromatic heterocycles. The summed E-state index contributed by atoms with van der Waals surface area (Å²) >= 11 is 0. The van der Waals surface area contributed by atoms with Crippen molar-refractivity contribution in [1.82, 2.24) is 4.90 Å². The molecule has 0 radical (unpaired) electrons. The van der Waals surface area contributed by atoms with Crippen molar-refractivity contribution in [3.05, 3.63) is 35.4 Å². The van der Waals surface area contributed by atoms with E-state index in [2.05, 4.69) is 43.0 Å². The summed E-state index contributed by atoms with van der Waals surface area (Å²) in [5.74, 6) is 0. The van der Waals surface area contributed by atoms with Crippen molar-refractivity contribution in [1.29, 1.82) is 0 Å². The Morgan fingerprint density at radius 3 is 2.60 bits per heavy atom. The summed E-state index contributed by atoms with van der Waals surface area (Å²) in [6.07, 6.45) is 6.64. The van der Waals surface area contributed by atoms with Crippen LogP contribution in [0.2, 0.25) is 0 Å². The molecule has 2 aliphatic heterocycles. The maximum atomic E-state index is 5.77. The summed E-state index contributed by atoms with van der Waals surface area (Å²) in [6.45, 7) is 4.55. The van der Waals surface area contributed by atoms with Crippen LogP contribution in [0.25, 0.3) is 0 Å². The molecular weight excluding hydrogens is 250 g/mol. The molecule has 3 heteroatoms. The van der Waals surface area contributed by atoms with Crippen molar-refractivity contribution in [2.75, 3.05) is 0 Å². The molecule has 2 bridgehead atoms. The fourth-order valence-corrected chi connectivity index (χ4v) is 4.23. The molecule has 0 spiro atoms. The van der Waals surface area contributed by atoms with Gasteiger partial charge in [0.2, 0.25) is 0 Å². The molecule has 1 aromatic carbocycles. The first-order valence-electron chi connectivity index (χ1n) is 7.88. The highest BCUT2D eigenvalue weighted by Gasteiger charge is 2.54. The molecular formula is C17H23NO2. The monoisotopic (exact) mass is 273 g/mol. The number of benzene rings is 1. The van der Waals surface area contributed by atoms with Crippen LogP contribution in [-0.2, 0) is 15.2 Å². The molecule has 2 heterocycles. The highest BCUT2D eigenvalue weighted by molar-refractivity contribution is 5.39. The first kappa shape index (κ1) is 12.8.